The lowest BCUT2D eigenvalue weighted by Crippen LogP contribution is -2.01. The minimum absolute atomic E-state index is 0.466. The molecule has 0 unspecified atom stereocenters. The summed E-state index contributed by atoms with van der Waals surface area (Å²) in [6, 6.07) is 3.54. The molecule has 1 aromatic carbocycles. The van der Waals surface area contributed by atoms with Gasteiger partial charge in [-0.05, 0) is 29.9 Å². The van der Waals surface area contributed by atoms with E-state index in [0.29, 0.717) is 10.0 Å². The first-order valence-electron chi connectivity index (χ1n) is 4.42. The normalized spacial score (nSPS) is 21.5. The van der Waals surface area contributed by atoms with Crippen molar-refractivity contribution in [3.63, 3.8) is 0 Å². The SMILES string of the molecule is O[C@@H]1CCSCc2c(Cl)ccc(Cl)c21. The summed E-state index contributed by atoms with van der Waals surface area (Å²) in [5.41, 5.74) is 1.82. The quantitative estimate of drug-likeness (QED) is 0.757. The standard InChI is InChI=1S/C10H10Cl2OS/c11-7-1-2-8(12)10-6(7)5-14-4-3-9(10)13/h1-2,9,13H,3-5H2/t9-/m1/s1. The van der Waals surface area contributed by atoms with E-state index in [-0.39, 0.29) is 0 Å². The smallest absolute Gasteiger partial charge is 0.0815 e. The van der Waals surface area contributed by atoms with E-state index in [1.54, 1.807) is 23.9 Å². The average Bonchev–Trinajstić information content (AvgIpc) is 2.35. The summed E-state index contributed by atoms with van der Waals surface area (Å²) in [7, 11) is 0. The highest BCUT2D eigenvalue weighted by Gasteiger charge is 2.21. The molecule has 0 aliphatic carbocycles. The summed E-state index contributed by atoms with van der Waals surface area (Å²) >= 11 is 13.9. The van der Waals surface area contributed by atoms with E-state index in [1.165, 1.54) is 0 Å². The van der Waals surface area contributed by atoms with Crippen LogP contribution in [0, 0.1) is 0 Å². The van der Waals surface area contributed by atoms with Gasteiger partial charge in [0.2, 0.25) is 0 Å². The number of halogens is 2. The highest BCUT2D eigenvalue weighted by atomic mass is 35.5. The average molecular weight is 249 g/mol. The highest BCUT2D eigenvalue weighted by molar-refractivity contribution is 7.98. The molecule has 76 valence electrons. The minimum atomic E-state index is -0.466. The molecule has 14 heavy (non-hydrogen) atoms. The van der Waals surface area contributed by atoms with Crippen molar-refractivity contribution < 1.29 is 5.11 Å². The van der Waals surface area contributed by atoms with Crippen LogP contribution in [0.4, 0.5) is 0 Å². The first kappa shape index (κ1) is 10.6. The van der Waals surface area contributed by atoms with E-state index in [2.05, 4.69) is 0 Å². The Hall–Kier alpha value is 0.110. The van der Waals surface area contributed by atoms with Crippen molar-refractivity contribution >= 4 is 35.0 Å². The second-order valence-corrected chi connectivity index (χ2v) is 5.20. The van der Waals surface area contributed by atoms with Crippen molar-refractivity contribution in [2.24, 2.45) is 0 Å². The fourth-order valence-electron chi connectivity index (χ4n) is 1.63. The number of hydrogen-bond acceptors (Lipinski definition) is 2. The van der Waals surface area contributed by atoms with Crippen LogP contribution in [-0.2, 0) is 5.75 Å². The monoisotopic (exact) mass is 248 g/mol. The Kier molecular flexibility index (Phi) is 3.27. The number of thioether (sulfide) groups is 1. The Morgan fingerprint density at radius 1 is 1.29 bits per heavy atom. The maximum absolute atomic E-state index is 9.89. The fourth-order valence-corrected chi connectivity index (χ4v) is 3.29. The maximum Gasteiger partial charge on any atom is 0.0815 e. The topological polar surface area (TPSA) is 20.2 Å². The predicted octanol–water partition coefficient (Wildman–Crippen LogP) is 3.66. The predicted molar refractivity (Wildman–Crippen MR) is 62.2 cm³/mol. The van der Waals surface area contributed by atoms with E-state index >= 15 is 0 Å². The second kappa shape index (κ2) is 4.31. The van der Waals surface area contributed by atoms with Gasteiger partial charge in [0, 0.05) is 21.4 Å². The molecule has 1 aliphatic heterocycles. The Labute approximate surface area is 97.4 Å². The van der Waals surface area contributed by atoms with Crippen molar-refractivity contribution in [3.8, 4) is 0 Å². The summed E-state index contributed by atoms with van der Waals surface area (Å²) in [6.45, 7) is 0. The van der Waals surface area contributed by atoms with Gasteiger partial charge in [-0.3, -0.25) is 0 Å². The molecule has 0 spiro atoms. The zero-order valence-electron chi connectivity index (χ0n) is 7.46. The zero-order valence-corrected chi connectivity index (χ0v) is 9.79. The van der Waals surface area contributed by atoms with Gasteiger partial charge in [0.1, 0.15) is 0 Å². The summed E-state index contributed by atoms with van der Waals surface area (Å²) in [5, 5.41) is 11.2. The van der Waals surface area contributed by atoms with Gasteiger partial charge in [-0.25, -0.2) is 0 Å². The number of fused-ring (bicyclic) bond motifs is 1. The Bertz CT molecular complexity index is 354. The molecule has 1 atom stereocenters. The van der Waals surface area contributed by atoms with E-state index < -0.39 is 6.10 Å². The van der Waals surface area contributed by atoms with Crippen LogP contribution in [0.25, 0.3) is 0 Å². The molecule has 0 bridgehead atoms. The Morgan fingerprint density at radius 2 is 2.00 bits per heavy atom. The summed E-state index contributed by atoms with van der Waals surface area (Å²) in [5.74, 6) is 1.79. The van der Waals surface area contributed by atoms with Gasteiger partial charge in [0.05, 0.1) is 6.10 Å². The molecule has 1 nitrogen and oxygen atoms in total. The third-order valence-corrected chi connectivity index (χ3v) is 4.06. The van der Waals surface area contributed by atoms with Crippen LogP contribution in [-0.4, -0.2) is 10.9 Å². The van der Waals surface area contributed by atoms with Gasteiger partial charge in [-0.2, -0.15) is 11.8 Å². The molecule has 0 amide bonds. The molecule has 1 N–H and O–H groups in total. The number of aliphatic hydroxyl groups is 1. The van der Waals surface area contributed by atoms with Crippen molar-refractivity contribution in [2.75, 3.05) is 5.75 Å². The summed E-state index contributed by atoms with van der Waals surface area (Å²) < 4.78 is 0. The molecular formula is C10H10Cl2OS. The van der Waals surface area contributed by atoms with Gasteiger partial charge in [0.25, 0.3) is 0 Å². The van der Waals surface area contributed by atoms with Crippen LogP contribution in [0.5, 0.6) is 0 Å². The summed E-state index contributed by atoms with van der Waals surface area (Å²) in [6.07, 6.45) is 0.281. The van der Waals surface area contributed by atoms with E-state index in [0.717, 1.165) is 29.1 Å². The van der Waals surface area contributed by atoms with Crippen molar-refractivity contribution in [1.29, 1.82) is 0 Å². The van der Waals surface area contributed by atoms with Gasteiger partial charge in [0.15, 0.2) is 0 Å². The van der Waals surface area contributed by atoms with Crippen LogP contribution in [0.1, 0.15) is 23.7 Å². The van der Waals surface area contributed by atoms with Crippen LogP contribution in [0.2, 0.25) is 10.0 Å². The van der Waals surface area contributed by atoms with Crippen LogP contribution in [0.3, 0.4) is 0 Å². The third kappa shape index (κ3) is 1.89. The number of hydrogen-bond donors (Lipinski definition) is 1. The van der Waals surface area contributed by atoms with Crippen LogP contribution in [0.15, 0.2) is 12.1 Å². The van der Waals surface area contributed by atoms with Gasteiger partial charge < -0.3 is 5.11 Å². The molecule has 0 radical (unpaired) electrons. The summed E-state index contributed by atoms with van der Waals surface area (Å²) in [4.78, 5) is 0. The lowest BCUT2D eigenvalue weighted by atomic mass is 10.0. The molecule has 2 rings (SSSR count). The number of rotatable bonds is 0. The lowest BCUT2D eigenvalue weighted by molar-refractivity contribution is 0.175. The number of benzene rings is 1. The Balaban J connectivity index is 2.57. The van der Waals surface area contributed by atoms with Gasteiger partial charge >= 0.3 is 0 Å². The molecule has 1 aliphatic rings. The largest absolute Gasteiger partial charge is 0.388 e. The first-order valence-corrected chi connectivity index (χ1v) is 6.34. The minimum Gasteiger partial charge on any atom is -0.388 e. The molecule has 4 heteroatoms. The first-order chi connectivity index (χ1) is 6.70. The highest BCUT2D eigenvalue weighted by Crippen LogP contribution is 2.38. The van der Waals surface area contributed by atoms with Gasteiger partial charge in [-0.1, -0.05) is 23.2 Å². The van der Waals surface area contributed by atoms with Crippen molar-refractivity contribution in [2.45, 2.75) is 18.3 Å². The Morgan fingerprint density at radius 3 is 2.79 bits per heavy atom. The molecule has 1 aromatic rings. The van der Waals surface area contributed by atoms with E-state index in [1.807, 2.05) is 0 Å². The van der Waals surface area contributed by atoms with Gasteiger partial charge in [-0.15, -0.1) is 0 Å². The maximum atomic E-state index is 9.89. The molecular weight excluding hydrogens is 239 g/mol. The molecule has 0 saturated carbocycles. The molecule has 0 saturated heterocycles. The third-order valence-electron chi connectivity index (χ3n) is 2.36. The second-order valence-electron chi connectivity index (χ2n) is 3.28. The molecule has 1 heterocycles. The van der Waals surface area contributed by atoms with Crippen molar-refractivity contribution in [3.05, 3.63) is 33.3 Å². The van der Waals surface area contributed by atoms with Crippen molar-refractivity contribution in [1.82, 2.24) is 0 Å². The van der Waals surface area contributed by atoms with Crippen LogP contribution >= 0.6 is 35.0 Å². The van der Waals surface area contributed by atoms with E-state index in [9.17, 15) is 5.11 Å². The molecule has 0 aromatic heterocycles. The fraction of sp³-hybridized carbons (Fsp3) is 0.400. The molecule has 0 fully saturated rings. The van der Waals surface area contributed by atoms with Crippen LogP contribution < -0.4 is 0 Å². The zero-order chi connectivity index (χ0) is 10.1. The lowest BCUT2D eigenvalue weighted by Gasteiger charge is -2.14. The number of aliphatic hydroxyl groups excluding tert-OH is 1. The van der Waals surface area contributed by atoms with E-state index in [4.69, 9.17) is 23.2 Å².